The smallest absolute Gasteiger partial charge is 0.184 e. The highest BCUT2D eigenvalue weighted by Gasteiger charge is 2.16. The molecule has 3 nitrogen and oxygen atoms in total. The largest absolute Gasteiger partial charge is 0.397 e. The molecule has 2 N–H and O–H groups in total. The predicted octanol–water partition coefficient (Wildman–Crippen LogP) is 2.64. The second-order valence-corrected chi connectivity index (χ2v) is 4.35. The van der Waals surface area contributed by atoms with Crippen LogP contribution in [0.4, 0.5) is 20.2 Å². The van der Waals surface area contributed by atoms with Gasteiger partial charge in [-0.05, 0) is 12.1 Å². The maximum atomic E-state index is 13.6. The molecular weight excluding hydrogens is 244 g/mol. The standard InChI is InChI=1S/C11H11F2N3S/c1-16(4-7-5-17-6-15-7)11-9(14)3-2-8(12)10(11)13/h2-3,5-6H,4,14H2,1H3. The van der Waals surface area contributed by atoms with Crippen LogP contribution in [0.1, 0.15) is 5.69 Å². The van der Waals surface area contributed by atoms with E-state index in [-0.39, 0.29) is 11.4 Å². The number of anilines is 2. The molecule has 0 spiro atoms. The van der Waals surface area contributed by atoms with E-state index >= 15 is 0 Å². The molecule has 0 atom stereocenters. The van der Waals surface area contributed by atoms with Gasteiger partial charge in [-0.3, -0.25) is 0 Å². The highest BCUT2D eigenvalue weighted by molar-refractivity contribution is 7.07. The van der Waals surface area contributed by atoms with E-state index in [1.54, 1.807) is 17.5 Å². The zero-order chi connectivity index (χ0) is 12.4. The minimum Gasteiger partial charge on any atom is -0.397 e. The maximum Gasteiger partial charge on any atom is 0.184 e. The van der Waals surface area contributed by atoms with Crippen molar-refractivity contribution in [1.82, 2.24) is 4.98 Å². The lowest BCUT2D eigenvalue weighted by Gasteiger charge is -2.20. The van der Waals surface area contributed by atoms with E-state index in [9.17, 15) is 8.78 Å². The normalized spacial score (nSPS) is 10.5. The molecule has 0 aliphatic rings. The number of hydrogen-bond acceptors (Lipinski definition) is 4. The fraction of sp³-hybridized carbons (Fsp3) is 0.182. The van der Waals surface area contributed by atoms with Gasteiger partial charge in [0.05, 0.1) is 29.1 Å². The van der Waals surface area contributed by atoms with E-state index in [0.717, 1.165) is 11.8 Å². The van der Waals surface area contributed by atoms with Gasteiger partial charge in [0.25, 0.3) is 0 Å². The predicted molar refractivity (Wildman–Crippen MR) is 65.0 cm³/mol. The van der Waals surface area contributed by atoms with Gasteiger partial charge in [-0.2, -0.15) is 0 Å². The number of nitrogen functional groups attached to an aromatic ring is 1. The Bertz CT molecular complexity index is 514. The molecule has 0 saturated carbocycles. The molecule has 1 aromatic heterocycles. The van der Waals surface area contributed by atoms with E-state index in [1.165, 1.54) is 17.4 Å². The highest BCUT2D eigenvalue weighted by Crippen LogP contribution is 2.28. The molecule has 0 saturated heterocycles. The maximum absolute atomic E-state index is 13.6. The quantitative estimate of drug-likeness (QED) is 0.857. The van der Waals surface area contributed by atoms with Gasteiger partial charge in [0.2, 0.25) is 0 Å². The molecule has 0 radical (unpaired) electrons. The molecule has 0 unspecified atom stereocenters. The Morgan fingerprint density at radius 3 is 2.82 bits per heavy atom. The SMILES string of the molecule is CN(Cc1cscn1)c1c(N)ccc(F)c1F. The number of nitrogens with two attached hydrogens (primary N) is 1. The fourth-order valence-electron chi connectivity index (χ4n) is 1.58. The Morgan fingerprint density at radius 1 is 1.41 bits per heavy atom. The van der Waals surface area contributed by atoms with Gasteiger partial charge >= 0.3 is 0 Å². The Hall–Kier alpha value is -1.69. The van der Waals surface area contributed by atoms with Crippen molar-refractivity contribution in [2.45, 2.75) is 6.54 Å². The van der Waals surface area contributed by atoms with Gasteiger partial charge in [0.1, 0.15) is 0 Å². The van der Waals surface area contributed by atoms with Crippen LogP contribution >= 0.6 is 11.3 Å². The van der Waals surface area contributed by atoms with Gasteiger partial charge in [-0.1, -0.05) is 0 Å². The van der Waals surface area contributed by atoms with Crippen LogP contribution in [0.5, 0.6) is 0 Å². The first kappa shape index (κ1) is 11.8. The minimum atomic E-state index is -0.928. The second-order valence-electron chi connectivity index (χ2n) is 3.64. The molecule has 2 rings (SSSR count). The average Bonchev–Trinajstić information content (AvgIpc) is 2.77. The number of nitrogens with zero attached hydrogens (tertiary/aromatic N) is 2. The van der Waals surface area contributed by atoms with Crippen LogP contribution in [0.2, 0.25) is 0 Å². The van der Waals surface area contributed by atoms with Crippen molar-refractivity contribution < 1.29 is 8.78 Å². The number of thiazole rings is 1. The molecule has 0 bridgehead atoms. The summed E-state index contributed by atoms with van der Waals surface area (Å²) in [4.78, 5) is 5.63. The van der Waals surface area contributed by atoms with Crippen LogP contribution in [-0.4, -0.2) is 12.0 Å². The molecule has 90 valence electrons. The number of benzene rings is 1. The number of halogens is 2. The summed E-state index contributed by atoms with van der Waals surface area (Å²) in [7, 11) is 1.65. The molecule has 1 heterocycles. The molecule has 2 aromatic rings. The van der Waals surface area contributed by atoms with Crippen molar-refractivity contribution in [3.8, 4) is 0 Å². The molecule has 1 aromatic carbocycles. The van der Waals surface area contributed by atoms with Crippen molar-refractivity contribution in [2.75, 3.05) is 17.7 Å². The lowest BCUT2D eigenvalue weighted by Crippen LogP contribution is -2.20. The van der Waals surface area contributed by atoms with Crippen LogP contribution in [0, 0.1) is 11.6 Å². The lowest BCUT2D eigenvalue weighted by molar-refractivity contribution is 0.508. The zero-order valence-electron chi connectivity index (χ0n) is 9.15. The van der Waals surface area contributed by atoms with Gasteiger partial charge < -0.3 is 10.6 Å². The highest BCUT2D eigenvalue weighted by atomic mass is 32.1. The third-order valence-electron chi connectivity index (χ3n) is 2.36. The van der Waals surface area contributed by atoms with Crippen LogP contribution in [0.15, 0.2) is 23.0 Å². The first-order valence-corrected chi connectivity index (χ1v) is 5.85. The van der Waals surface area contributed by atoms with E-state index in [2.05, 4.69) is 4.98 Å². The topological polar surface area (TPSA) is 42.2 Å². The fourth-order valence-corrected chi connectivity index (χ4v) is 2.13. The summed E-state index contributed by atoms with van der Waals surface area (Å²) in [6, 6.07) is 2.37. The lowest BCUT2D eigenvalue weighted by atomic mass is 10.2. The van der Waals surface area contributed by atoms with E-state index < -0.39 is 11.6 Å². The zero-order valence-corrected chi connectivity index (χ0v) is 9.97. The Balaban J connectivity index is 2.30. The minimum absolute atomic E-state index is 0.0676. The summed E-state index contributed by atoms with van der Waals surface area (Å²) in [6.07, 6.45) is 0. The van der Waals surface area contributed by atoms with Gasteiger partial charge in [-0.15, -0.1) is 11.3 Å². The molecule has 17 heavy (non-hydrogen) atoms. The number of rotatable bonds is 3. The molecule has 0 aliphatic heterocycles. The van der Waals surface area contributed by atoms with Crippen molar-refractivity contribution in [3.05, 3.63) is 40.4 Å². The monoisotopic (exact) mass is 255 g/mol. The average molecular weight is 255 g/mol. The van der Waals surface area contributed by atoms with E-state index in [1.807, 2.05) is 5.38 Å². The molecule has 0 amide bonds. The number of aromatic nitrogens is 1. The Morgan fingerprint density at radius 2 is 2.18 bits per heavy atom. The third kappa shape index (κ3) is 2.36. The molecule has 0 aliphatic carbocycles. The summed E-state index contributed by atoms with van der Waals surface area (Å²) in [5, 5.41) is 1.85. The summed E-state index contributed by atoms with van der Waals surface area (Å²) < 4.78 is 26.8. The first-order valence-electron chi connectivity index (χ1n) is 4.91. The first-order chi connectivity index (χ1) is 8.09. The van der Waals surface area contributed by atoms with Crippen molar-refractivity contribution in [3.63, 3.8) is 0 Å². The van der Waals surface area contributed by atoms with Crippen molar-refractivity contribution >= 4 is 22.7 Å². The Labute approximate surface area is 102 Å². The van der Waals surface area contributed by atoms with Gasteiger partial charge in [0.15, 0.2) is 11.6 Å². The van der Waals surface area contributed by atoms with Crippen LogP contribution in [-0.2, 0) is 6.54 Å². The Kier molecular flexibility index (Phi) is 3.23. The summed E-state index contributed by atoms with van der Waals surface area (Å²) >= 11 is 1.45. The van der Waals surface area contributed by atoms with E-state index in [0.29, 0.717) is 6.54 Å². The summed E-state index contributed by atoms with van der Waals surface area (Å²) in [6.45, 7) is 0.383. The van der Waals surface area contributed by atoms with Gasteiger partial charge in [-0.25, -0.2) is 13.8 Å². The molecule has 0 fully saturated rings. The number of hydrogen-bond donors (Lipinski definition) is 1. The second kappa shape index (κ2) is 4.67. The summed E-state index contributed by atoms with van der Waals surface area (Å²) in [5.74, 6) is -1.83. The molecular formula is C11H11F2N3S. The van der Waals surface area contributed by atoms with Crippen LogP contribution in [0.25, 0.3) is 0 Å². The van der Waals surface area contributed by atoms with Crippen LogP contribution in [0.3, 0.4) is 0 Å². The van der Waals surface area contributed by atoms with Crippen LogP contribution < -0.4 is 10.6 Å². The van der Waals surface area contributed by atoms with Crippen molar-refractivity contribution in [1.29, 1.82) is 0 Å². The third-order valence-corrected chi connectivity index (χ3v) is 3.00. The van der Waals surface area contributed by atoms with Crippen molar-refractivity contribution in [2.24, 2.45) is 0 Å². The molecule has 6 heteroatoms. The van der Waals surface area contributed by atoms with Gasteiger partial charge in [0, 0.05) is 12.4 Å². The van der Waals surface area contributed by atoms with E-state index in [4.69, 9.17) is 5.73 Å². The summed E-state index contributed by atoms with van der Waals surface area (Å²) in [5.41, 5.74) is 8.41.